The van der Waals surface area contributed by atoms with Crippen molar-refractivity contribution in [3.05, 3.63) is 0 Å². The molecule has 17 heavy (non-hydrogen) atoms. The first-order valence-electron chi connectivity index (χ1n) is 6.18. The molecule has 0 saturated carbocycles. The first-order valence-corrected chi connectivity index (χ1v) is 6.18. The van der Waals surface area contributed by atoms with E-state index in [0.717, 1.165) is 25.8 Å². The van der Waals surface area contributed by atoms with Crippen LogP contribution in [0, 0.1) is 12.3 Å². The number of terminal acetylenes is 1. The molecule has 2 aliphatic heterocycles. The van der Waals surface area contributed by atoms with Crippen molar-refractivity contribution in [3.8, 4) is 12.3 Å². The minimum atomic E-state index is -0.231. The highest BCUT2D eigenvalue weighted by Crippen LogP contribution is 2.24. The largest absolute Gasteiger partial charge is 0.329 e. The fraction of sp³-hybridized carbons (Fsp3) is 0.692. The van der Waals surface area contributed by atoms with Gasteiger partial charge in [-0.25, -0.2) is 0 Å². The van der Waals surface area contributed by atoms with Crippen LogP contribution in [0.3, 0.4) is 0 Å². The van der Waals surface area contributed by atoms with Gasteiger partial charge in [0.25, 0.3) is 0 Å². The lowest BCUT2D eigenvalue weighted by molar-refractivity contribution is -0.159. The number of piperidine rings is 1. The summed E-state index contributed by atoms with van der Waals surface area (Å²) in [4.78, 5) is 27.6. The second-order valence-electron chi connectivity index (χ2n) is 4.82. The van der Waals surface area contributed by atoms with E-state index in [2.05, 4.69) is 5.92 Å². The molecule has 2 fully saturated rings. The van der Waals surface area contributed by atoms with Gasteiger partial charge in [-0.2, -0.15) is 0 Å². The average molecular weight is 234 g/mol. The molecular weight excluding hydrogens is 216 g/mol. The van der Waals surface area contributed by atoms with E-state index in [0.29, 0.717) is 6.42 Å². The van der Waals surface area contributed by atoms with Gasteiger partial charge >= 0.3 is 0 Å². The number of fused-ring (bicyclic) bond motifs is 1. The monoisotopic (exact) mass is 234 g/mol. The Morgan fingerprint density at radius 3 is 2.94 bits per heavy atom. The second kappa shape index (κ2) is 4.79. The van der Waals surface area contributed by atoms with E-state index in [4.69, 9.17) is 6.42 Å². The highest BCUT2D eigenvalue weighted by Gasteiger charge is 2.41. The second-order valence-corrected chi connectivity index (χ2v) is 4.82. The summed E-state index contributed by atoms with van der Waals surface area (Å²) in [6, 6.07) is -0.272. The zero-order valence-corrected chi connectivity index (χ0v) is 10.2. The molecule has 2 atom stereocenters. The summed E-state index contributed by atoms with van der Waals surface area (Å²) in [7, 11) is 0. The number of piperazine rings is 1. The molecule has 0 aromatic carbocycles. The van der Waals surface area contributed by atoms with Crippen molar-refractivity contribution < 1.29 is 9.59 Å². The molecule has 2 saturated heterocycles. The quantitative estimate of drug-likeness (QED) is 0.657. The van der Waals surface area contributed by atoms with Gasteiger partial charge in [0.05, 0.1) is 0 Å². The van der Waals surface area contributed by atoms with Crippen LogP contribution in [0.4, 0.5) is 0 Å². The van der Waals surface area contributed by atoms with Gasteiger partial charge in [-0.1, -0.05) is 0 Å². The maximum absolute atomic E-state index is 12.3. The van der Waals surface area contributed by atoms with Crippen molar-refractivity contribution >= 4 is 11.8 Å². The average Bonchev–Trinajstić information content (AvgIpc) is 2.34. The van der Waals surface area contributed by atoms with Crippen molar-refractivity contribution in [1.82, 2.24) is 9.80 Å². The number of nitrogens with zero attached hydrogens (tertiary/aromatic N) is 2. The minimum absolute atomic E-state index is 0.0412. The summed E-state index contributed by atoms with van der Waals surface area (Å²) in [6.07, 6.45) is 8.60. The normalized spacial score (nSPS) is 26.5. The summed E-state index contributed by atoms with van der Waals surface area (Å²) in [5.74, 6) is 2.70. The standard InChI is InChI=1S/C13H18N2O2/c1-3-6-10(2)15-9-12(16)14-8-5-4-7-11(14)13(15)17/h1,10-11H,4-9H2,2H3. The van der Waals surface area contributed by atoms with Gasteiger partial charge in [-0.3, -0.25) is 9.59 Å². The maximum atomic E-state index is 12.3. The molecule has 2 aliphatic rings. The third kappa shape index (κ3) is 2.14. The van der Waals surface area contributed by atoms with Crippen LogP contribution >= 0.6 is 0 Å². The zero-order valence-electron chi connectivity index (χ0n) is 10.2. The molecule has 0 aromatic rings. The summed E-state index contributed by atoms with van der Waals surface area (Å²) in [5, 5.41) is 0. The van der Waals surface area contributed by atoms with Crippen molar-refractivity contribution in [2.45, 2.75) is 44.7 Å². The van der Waals surface area contributed by atoms with Crippen LogP contribution in [0.5, 0.6) is 0 Å². The van der Waals surface area contributed by atoms with E-state index >= 15 is 0 Å². The van der Waals surface area contributed by atoms with Crippen LogP contribution in [0.1, 0.15) is 32.6 Å². The van der Waals surface area contributed by atoms with Gasteiger partial charge < -0.3 is 9.80 Å². The molecule has 4 heteroatoms. The molecule has 2 rings (SSSR count). The van der Waals surface area contributed by atoms with E-state index in [9.17, 15) is 9.59 Å². The SMILES string of the molecule is C#CCC(C)N1CC(=O)N2CCCCC2C1=O. The lowest BCUT2D eigenvalue weighted by atomic mass is 9.97. The summed E-state index contributed by atoms with van der Waals surface area (Å²) in [5.41, 5.74) is 0. The van der Waals surface area contributed by atoms with Crippen molar-refractivity contribution in [2.24, 2.45) is 0 Å². The van der Waals surface area contributed by atoms with E-state index in [1.807, 2.05) is 6.92 Å². The third-order valence-electron chi connectivity index (χ3n) is 3.64. The van der Waals surface area contributed by atoms with Crippen molar-refractivity contribution in [2.75, 3.05) is 13.1 Å². The van der Waals surface area contributed by atoms with Crippen LogP contribution in [-0.2, 0) is 9.59 Å². The number of hydrogen-bond donors (Lipinski definition) is 0. The molecule has 92 valence electrons. The van der Waals surface area contributed by atoms with Gasteiger partial charge in [0.2, 0.25) is 11.8 Å². The number of hydrogen-bond acceptors (Lipinski definition) is 2. The Morgan fingerprint density at radius 1 is 1.47 bits per heavy atom. The molecule has 0 aliphatic carbocycles. The van der Waals surface area contributed by atoms with Gasteiger partial charge in [0, 0.05) is 19.0 Å². The molecule has 0 spiro atoms. The van der Waals surface area contributed by atoms with E-state index < -0.39 is 0 Å². The predicted molar refractivity (Wildman–Crippen MR) is 64.0 cm³/mol. The maximum Gasteiger partial charge on any atom is 0.246 e. The Kier molecular flexibility index (Phi) is 3.37. The number of amides is 2. The first kappa shape index (κ1) is 12.0. The number of carbonyl (C=O) groups excluding carboxylic acids is 2. The molecule has 0 aromatic heterocycles. The summed E-state index contributed by atoms with van der Waals surface area (Å²) in [6.45, 7) is 2.83. The van der Waals surface area contributed by atoms with Crippen molar-refractivity contribution in [1.29, 1.82) is 0 Å². The molecule has 0 bridgehead atoms. The molecule has 0 radical (unpaired) electrons. The third-order valence-corrected chi connectivity index (χ3v) is 3.64. The van der Waals surface area contributed by atoms with E-state index in [1.165, 1.54) is 0 Å². The van der Waals surface area contributed by atoms with Gasteiger partial charge in [-0.15, -0.1) is 12.3 Å². The Bertz CT molecular complexity index is 372. The molecular formula is C13H18N2O2. The molecule has 2 unspecified atom stereocenters. The zero-order chi connectivity index (χ0) is 12.4. The Balaban J connectivity index is 2.14. The topological polar surface area (TPSA) is 40.6 Å². The van der Waals surface area contributed by atoms with Crippen molar-refractivity contribution in [3.63, 3.8) is 0 Å². The first-order chi connectivity index (χ1) is 8.15. The molecule has 2 heterocycles. The van der Waals surface area contributed by atoms with Crippen LogP contribution < -0.4 is 0 Å². The highest BCUT2D eigenvalue weighted by atomic mass is 16.2. The Hall–Kier alpha value is -1.50. The van der Waals surface area contributed by atoms with Crippen LogP contribution in [-0.4, -0.2) is 46.8 Å². The van der Waals surface area contributed by atoms with Gasteiger partial charge in [0.15, 0.2) is 0 Å². The summed E-state index contributed by atoms with van der Waals surface area (Å²) >= 11 is 0. The van der Waals surface area contributed by atoms with Crippen LogP contribution in [0.2, 0.25) is 0 Å². The fourth-order valence-electron chi connectivity index (χ4n) is 2.65. The number of carbonyl (C=O) groups is 2. The lowest BCUT2D eigenvalue weighted by Gasteiger charge is -2.44. The minimum Gasteiger partial charge on any atom is -0.329 e. The van der Waals surface area contributed by atoms with Crippen LogP contribution in [0.25, 0.3) is 0 Å². The summed E-state index contributed by atoms with van der Waals surface area (Å²) < 4.78 is 0. The molecule has 0 N–H and O–H groups in total. The Labute approximate surface area is 102 Å². The van der Waals surface area contributed by atoms with Gasteiger partial charge in [-0.05, 0) is 26.2 Å². The van der Waals surface area contributed by atoms with Crippen LogP contribution in [0.15, 0.2) is 0 Å². The highest BCUT2D eigenvalue weighted by molar-refractivity contribution is 5.95. The van der Waals surface area contributed by atoms with Gasteiger partial charge in [0.1, 0.15) is 12.6 Å². The number of rotatable bonds is 2. The molecule has 2 amide bonds. The Morgan fingerprint density at radius 2 is 2.24 bits per heavy atom. The smallest absolute Gasteiger partial charge is 0.246 e. The predicted octanol–water partition coefficient (Wildman–Crippen LogP) is 0.621. The fourth-order valence-corrected chi connectivity index (χ4v) is 2.65. The van der Waals surface area contributed by atoms with E-state index in [-0.39, 0.29) is 30.4 Å². The molecule has 4 nitrogen and oxygen atoms in total. The lowest BCUT2D eigenvalue weighted by Crippen LogP contribution is -2.62. The van der Waals surface area contributed by atoms with E-state index in [1.54, 1.807) is 9.80 Å².